The number of nitrogens with zero attached hydrogens (tertiary/aromatic N) is 1. The van der Waals surface area contributed by atoms with Crippen LogP contribution in [0.2, 0.25) is 0 Å². The lowest BCUT2D eigenvalue weighted by Gasteiger charge is -2.27. The predicted molar refractivity (Wildman–Crippen MR) is 84.2 cm³/mol. The number of aliphatic carboxylic acids is 1. The van der Waals surface area contributed by atoms with Crippen molar-refractivity contribution in [2.75, 3.05) is 11.4 Å². The maximum Gasteiger partial charge on any atom is 0.414 e. The molecule has 0 aromatic heterocycles. The van der Waals surface area contributed by atoms with Gasteiger partial charge in [-0.25, -0.2) is 4.79 Å². The van der Waals surface area contributed by atoms with Crippen LogP contribution in [0, 0.1) is 0 Å². The molecule has 0 radical (unpaired) electrons. The summed E-state index contributed by atoms with van der Waals surface area (Å²) in [5.41, 5.74) is 1.12. The highest BCUT2D eigenvalue weighted by Gasteiger charge is 2.30. The summed E-state index contributed by atoms with van der Waals surface area (Å²) in [5, 5.41) is 9.11. The van der Waals surface area contributed by atoms with Crippen molar-refractivity contribution in [3.63, 3.8) is 0 Å². The standard InChI is InChI=1S/C17H23NO4/c1-17(2,3)22-16(21)18-10-6-7-12(11-15(19)20)13-8-4-5-9-14(13)18/h4-5,8-9,12H,6-7,10-11H2,1-3H3,(H,19,20). The Hall–Kier alpha value is -2.04. The molecule has 1 amide bonds. The van der Waals surface area contributed by atoms with Gasteiger partial charge in [0.15, 0.2) is 0 Å². The van der Waals surface area contributed by atoms with Gasteiger partial charge in [-0.15, -0.1) is 0 Å². The number of fused-ring (bicyclic) bond motifs is 1. The van der Waals surface area contributed by atoms with Gasteiger partial charge >= 0.3 is 12.1 Å². The molecule has 0 fully saturated rings. The molecule has 1 heterocycles. The average Bonchev–Trinajstić information content (AvgIpc) is 2.56. The number of rotatable bonds is 2. The second kappa shape index (κ2) is 6.38. The number of para-hydroxylation sites is 1. The van der Waals surface area contributed by atoms with Crippen LogP contribution >= 0.6 is 0 Å². The first kappa shape index (κ1) is 16.3. The molecule has 5 heteroatoms. The first-order valence-corrected chi connectivity index (χ1v) is 7.59. The summed E-state index contributed by atoms with van der Waals surface area (Å²) in [5.74, 6) is -0.883. The van der Waals surface area contributed by atoms with Crippen molar-refractivity contribution < 1.29 is 19.4 Å². The topological polar surface area (TPSA) is 66.8 Å². The molecule has 1 aromatic carbocycles. The minimum absolute atomic E-state index is 0.0684. The molecule has 1 aromatic rings. The number of anilines is 1. The van der Waals surface area contributed by atoms with Crippen LogP contribution in [0.4, 0.5) is 10.5 Å². The zero-order valence-corrected chi connectivity index (χ0v) is 13.3. The molecule has 0 saturated heterocycles. The lowest BCUT2D eigenvalue weighted by atomic mass is 9.91. The fraction of sp³-hybridized carbons (Fsp3) is 0.529. The van der Waals surface area contributed by atoms with Crippen LogP contribution in [0.25, 0.3) is 0 Å². The number of benzene rings is 1. The Bertz CT molecular complexity index is 562. The van der Waals surface area contributed by atoms with Gasteiger partial charge in [0.1, 0.15) is 5.60 Å². The van der Waals surface area contributed by atoms with E-state index in [2.05, 4.69) is 0 Å². The highest BCUT2D eigenvalue weighted by molar-refractivity contribution is 5.89. The molecule has 0 saturated carbocycles. The van der Waals surface area contributed by atoms with E-state index in [0.717, 1.165) is 24.1 Å². The van der Waals surface area contributed by atoms with Crippen LogP contribution in [0.3, 0.4) is 0 Å². The van der Waals surface area contributed by atoms with Crippen LogP contribution in [0.15, 0.2) is 24.3 Å². The van der Waals surface area contributed by atoms with Crippen LogP contribution < -0.4 is 4.90 Å². The van der Waals surface area contributed by atoms with Crippen LogP contribution in [0.5, 0.6) is 0 Å². The molecule has 22 heavy (non-hydrogen) atoms. The fourth-order valence-corrected chi connectivity index (χ4v) is 2.78. The van der Waals surface area contributed by atoms with E-state index in [4.69, 9.17) is 9.84 Å². The normalized spacial score (nSPS) is 18.3. The molecule has 1 aliphatic rings. The number of carbonyl (C=O) groups is 2. The van der Waals surface area contributed by atoms with E-state index in [-0.39, 0.29) is 18.4 Å². The summed E-state index contributed by atoms with van der Waals surface area (Å²) in [6.45, 7) is 6.05. The maximum atomic E-state index is 12.4. The summed E-state index contributed by atoms with van der Waals surface area (Å²) >= 11 is 0. The second-order valence-electron chi connectivity index (χ2n) is 6.63. The molecular weight excluding hydrogens is 282 g/mol. The summed E-state index contributed by atoms with van der Waals surface area (Å²) in [6.07, 6.45) is 1.21. The van der Waals surface area contributed by atoms with Gasteiger partial charge in [0, 0.05) is 6.54 Å². The SMILES string of the molecule is CC(C)(C)OC(=O)N1CCCC(CC(=O)O)c2ccccc21. The Balaban J connectivity index is 2.33. The van der Waals surface area contributed by atoms with E-state index in [1.165, 1.54) is 0 Å². The predicted octanol–water partition coefficient (Wildman–Crippen LogP) is 3.78. The minimum atomic E-state index is -0.814. The van der Waals surface area contributed by atoms with Crippen molar-refractivity contribution in [2.45, 2.75) is 51.6 Å². The molecule has 1 N–H and O–H groups in total. The number of ether oxygens (including phenoxy) is 1. The Labute approximate surface area is 130 Å². The average molecular weight is 305 g/mol. The van der Waals surface area contributed by atoms with Gasteiger partial charge in [0.05, 0.1) is 12.1 Å². The molecule has 1 aliphatic heterocycles. The summed E-state index contributed by atoms with van der Waals surface area (Å²) in [7, 11) is 0. The van der Waals surface area contributed by atoms with E-state index in [1.807, 2.05) is 45.0 Å². The molecule has 120 valence electrons. The molecule has 0 bridgehead atoms. The zero-order valence-electron chi connectivity index (χ0n) is 13.3. The van der Waals surface area contributed by atoms with Gasteiger partial charge in [-0.05, 0) is 51.2 Å². The first-order valence-electron chi connectivity index (χ1n) is 7.59. The number of carboxylic acid groups (broad SMARTS) is 1. The third kappa shape index (κ3) is 4.00. The van der Waals surface area contributed by atoms with Crippen molar-refractivity contribution >= 4 is 17.7 Å². The molecule has 5 nitrogen and oxygen atoms in total. The smallest absolute Gasteiger partial charge is 0.414 e. The van der Waals surface area contributed by atoms with Gasteiger partial charge in [-0.1, -0.05) is 18.2 Å². The highest BCUT2D eigenvalue weighted by Crippen LogP contribution is 2.36. The summed E-state index contributed by atoms with van der Waals surface area (Å²) in [4.78, 5) is 25.2. The maximum absolute atomic E-state index is 12.4. The van der Waals surface area contributed by atoms with E-state index in [9.17, 15) is 9.59 Å². The first-order chi connectivity index (χ1) is 10.3. The number of hydrogen-bond donors (Lipinski definition) is 1. The fourth-order valence-electron chi connectivity index (χ4n) is 2.78. The summed E-state index contributed by atoms with van der Waals surface area (Å²) < 4.78 is 5.48. The highest BCUT2D eigenvalue weighted by atomic mass is 16.6. The van der Waals surface area contributed by atoms with Crippen molar-refractivity contribution in [3.8, 4) is 0 Å². The van der Waals surface area contributed by atoms with Gasteiger partial charge in [-0.3, -0.25) is 9.69 Å². The largest absolute Gasteiger partial charge is 0.481 e. The van der Waals surface area contributed by atoms with Gasteiger partial charge in [0.25, 0.3) is 0 Å². The number of amides is 1. The van der Waals surface area contributed by atoms with Crippen LogP contribution in [-0.4, -0.2) is 29.3 Å². The van der Waals surface area contributed by atoms with Crippen molar-refractivity contribution in [1.29, 1.82) is 0 Å². The number of carbonyl (C=O) groups excluding carboxylic acids is 1. The number of hydrogen-bond acceptors (Lipinski definition) is 3. The molecule has 1 atom stereocenters. The van der Waals surface area contributed by atoms with Crippen LogP contribution in [-0.2, 0) is 9.53 Å². The van der Waals surface area contributed by atoms with Gasteiger partial charge in [0.2, 0.25) is 0 Å². The molecule has 2 rings (SSSR count). The quantitative estimate of drug-likeness (QED) is 0.903. The van der Waals surface area contributed by atoms with E-state index < -0.39 is 11.6 Å². The second-order valence-corrected chi connectivity index (χ2v) is 6.63. The van der Waals surface area contributed by atoms with Crippen molar-refractivity contribution in [2.24, 2.45) is 0 Å². The molecular formula is C17H23NO4. The van der Waals surface area contributed by atoms with E-state index in [1.54, 1.807) is 4.90 Å². The van der Waals surface area contributed by atoms with Crippen molar-refractivity contribution in [1.82, 2.24) is 0 Å². The lowest BCUT2D eigenvalue weighted by molar-refractivity contribution is -0.137. The molecule has 0 aliphatic carbocycles. The van der Waals surface area contributed by atoms with Gasteiger partial charge in [-0.2, -0.15) is 0 Å². The Morgan fingerprint density at radius 1 is 1.32 bits per heavy atom. The van der Waals surface area contributed by atoms with Crippen LogP contribution in [0.1, 0.15) is 51.5 Å². The Morgan fingerprint density at radius 2 is 2.00 bits per heavy atom. The molecule has 0 spiro atoms. The third-order valence-electron chi connectivity index (χ3n) is 3.64. The van der Waals surface area contributed by atoms with Crippen molar-refractivity contribution in [3.05, 3.63) is 29.8 Å². The Morgan fingerprint density at radius 3 is 2.64 bits per heavy atom. The van der Waals surface area contributed by atoms with E-state index >= 15 is 0 Å². The monoisotopic (exact) mass is 305 g/mol. The third-order valence-corrected chi connectivity index (χ3v) is 3.64. The number of carboxylic acids is 1. The summed E-state index contributed by atoms with van der Waals surface area (Å²) in [6, 6.07) is 7.51. The Kier molecular flexibility index (Phi) is 4.74. The van der Waals surface area contributed by atoms with Gasteiger partial charge < -0.3 is 9.84 Å². The van der Waals surface area contributed by atoms with E-state index in [0.29, 0.717) is 6.54 Å². The lowest BCUT2D eigenvalue weighted by Crippen LogP contribution is -2.37. The zero-order chi connectivity index (χ0) is 16.3. The molecule has 1 unspecified atom stereocenters. The minimum Gasteiger partial charge on any atom is -0.481 e.